The Kier molecular flexibility index (Phi) is 7.29. The van der Waals surface area contributed by atoms with Crippen molar-refractivity contribution < 1.29 is 18.8 Å². The monoisotopic (exact) mass is 443 g/mol. The highest BCUT2D eigenvalue weighted by Crippen LogP contribution is 2.20. The summed E-state index contributed by atoms with van der Waals surface area (Å²) in [5.74, 6) is -1.19. The van der Waals surface area contributed by atoms with Crippen molar-refractivity contribution in [2.24, 2.45) is 5.73 Å². The van der Waals surface area contributed by atoms with Crippen molar-refractivity contribution in [3.8, 4) is 0 Å². The van der Waals surface area contributed by atoms with E-state index in [0.29, 0.717) is 43.1 Å². The first-order valence-electron chi connectivity index (χ1n) is 10.7. The standard InChI is InChI=1S/C23H30FN5O3/c1-15(2)26-23(32)28-10-8-27(9-11-28)14-21(30)20-12-18(22(25)31)16(3)29(20)13-17-6-4-5-7-19(17)24/h4-7,12,15H,8-11,13-14H2,1-3H3,(H2,25,31)(H,26,32). The number of primary amides is 1. The van der Waals surface area contributed by atoms with Gasteiger partial charge in [0.05, 0.1) is 24.3 Å². The fraction of sp³-hybridized carbons (Fsp3) is 0.435. The minimum atomic E-state index is -0.631. The number of urea groups is 1. The van der Waals surface area contributed by atoms with Crippen LogP contribution in [0, 0.1) is 12.7 Å². The first-order valence-corrected chi connectivity index (χ1v) is 10.7. The fourth-order valence-electron chi connectivity index (χ4n) is 3.86. The lowest BCUT2D eigenvalue weighted by Crippen LogP contribution is -2.53. The number of piperazine rings is 1. The highest BCUT2D eigenvalue weighted by atomic mass is 19.1. The summed E-state index contributed by atoms with van der Waals surface area (Å²) in [6, 6.07) is 7.78. The Morgan fingerprint density at radius 2 is 1.78 bits per heavy atom. The maximum Gasteiger partial charge on any atom is 0.317 e. The summed E-state index contributed by atoms with van der Waals surface area (Å²) in [5.41, 5.74) is 7.00. The third-order valence-electron chi connectivity index (χ3n) is 5.64. The van der Waals surface area contributed by atoms with Crippen LogP contribution in [-0.2, 0) is 6.54 Å². The first-order chi connectivity index (χ1) is 15.2. The van der Waals surface area contributed by atoms with Gasteiger partial charge in [-0.1, -0.05) is 18.2 Å². The molecule has 1 aliphatic heterocycles. The summed E-state index contributed by atoms with van der Waals surface area (Å²) in [5, 5.41) is 2.87. The van der Waals surface area contributed by atoms with Crippen LogP contribution >= 0.6 is 0 Å². The van der Waals surface area contributed by atoms with E-state index >= 15 is 0 Å². The van der Waals surface area contributed by atoms with Gasteiger partial charge in [0.1, 0.15) is 5.82 Å². The van der Waals surface area contributed by atoms with Crippen LogP contribution in [0.15, 0.2) is 30.3 Å². The number of nitrogens with one attached hydrogen (secondary N) is 1. The van der Waals surface area contributed by atoms with Crippen molar-refractivity contribution in [2.75, 3.05) is 32.7 Å². The zero-order valence-electron chi connectivity index (χ0n) is 18.7. The Hall–Kier alpha value is -3.20. The number of benzene rings is 1. The molecule has 1 saturated heterocycles. The second-order valence-electron chi connectivity index (χ2n) is 8.36. The van der Waals surface area contributed by atoms with Crippen LogP contribution in [0.25, 0.3) is 0 Å². The number of halogens is 1. The van der Waals surface area contributed by atoms with Gasteiger partial charge in [-0.3, -0.25) is 14.5 Å². The number of nitrogens with two attached hydrogens (primary N) is 1. The Balaban J connectivity index is 1.74. The van der Waals surface area contributed by atoms with Crippen molar-refractivity contribution >= 4 is 17.7 Å². The van der Waals surface area contributed by atoms with Gasteiger partial charge in [-0.2, -0.15) is 0 Å². The molecule has 3 rings (SSSR count). The Bertz CT molecular complexity index is 1010. The fourth-order valence-corrected chi connectivity index (χ4v) is 3.86. The topological polar surface area (TPSA) is 101 Å². The molecule has 1 aromatic carbocycles. The number of rotatable bonds is 7. The molecule has 2 aromatic rings. The lowest BCUT2D eigenvalue weighted by atomic mass is 10.2. The molecule has 0 spiro atoms. The number of nitrogens with zero attached hydrogens (tertiary/aromatic N) is 3. The number of carbonyl (C=O) groups is 3. The summed E-state index contributed by atoms with van der Waals surface area (Å²) in [7, 11) is 0. The van der Waals surface area contributed by atoms with Gasteiger partial charge in [-0.25, -0.2) is 9.18 Å². The maximum absolute atomic E-state index is 14.2. The number of ketones is 1. The normalized spacial score (nSPS) is 14.6. The highest BCUT2D eigenvalue weighted by Gasteiger charge is 2.26. The van der Waals surface area contributed by atoms with Gasteiger partial charge in [0.25, 0.3) is 5.91 Å². The molecule has 1 fully saturated rings. The molecule has 1 aromatic heterocycles. The number of hydrogen-bond donors (Lipinski definition) is 2. The number of carbonyl (C=O) groups excluding carboxylic acids is 3. The molecule has 2 heterocycles. The summed E-state index contributed by atoms with van der Waals surface area (Å²) in [6.45, 7) is 7.94. The molecule has 3 N–H and O–H groups in total. The van der Waals surface area contributed by atoms with E-state index in [1.54, 1.807) is 34.6 Å². The summed E-state index contributed by atoms with van der Waals surface area (Å²) in [6.07, 6.45) is 0. The molecule has 0 bridgehead atoms. The maximum atomic E-state index is 14.2. The van der Waals surface area contributed by atoms with Crippen molar-refractivity contribution in [1.82, 2.24) is 19.7 Å². The molecule has 172 valence electrons. The molecule has 0 atom stereocenters. The predicted octanol–water partition coefficient (Wildman–Crippen LogP) is 2.00. The highest BCUT2D eigenvalue weighted by molar-refractivity contribution is 6.01. The molecular formula is C23H30FN5O3. The number of hydrogen-bond acceptors (Lipinski definition) is 4. The van der Waals surface area contributed by atoms with Crippen molar-refractivity contribution in [1.29, 1.82) is 0 Å². The molecule has 0 saturated carbocycles. The van der Waals surface area contributed by atoms with E-state index in [-0.39, 0.29) is 42.3 Å². The smallest absolute Gasteiger partial charge is 0.317 e. The second-order valence-corrected chi connectivity index (χ2v) is 8.36. The quantitative estimate of drug-likeness (QED) is 0.639. The Morgan fingerprint density at radius 1 is 1.12 bits per heavy atom. The summed E-state index contributed by atoms with van der Waals surface area (Å²) < 4.78 is 15.9. The van der Waals surface area contributed by atoms with Crippen LogP contribution in [-0.4, -0.2) is 70.9 Å². The van der Waals surface area contributed by atoms with E-state index in [2.05, 4.69) is 5.32 Å². The van der Waals surface area contributed by atoms with Gasteiger partial charge in [0, 0.05) is 43.5 Å². The molecule has 1 aliphatic rings. The summed E-state index contributed by atoms with van der Waals surface area (Å²) >= 11 is 0. The van der Waals surface area contributed by atoms with Crippen molar-refractivity contribution in [2.45, 2.75) is 33.4 Å². The Labute approximate surface area is 187 Å². The second kappa shape index (κ2) is 9.95. The van der Waals surface area contributed by atoms with Crippen LogP contribution in [0.2, 0.25) is 0 Å². The number of aromatic nitrogens is 1. The predicted molar refractivity (Wildman–Crippen MR) is 119 cm³/mol. The average Bonchev–Trinajstić information content (AvgIpc) is 3.06. The van der Waals surface area contributed by atoms with E-state index < -0.39 is 5.91 Å². The van der Waals surface area contributed by atoms with Crippen molar-refractivity contribution in [3.05, 3.63) is 58.7 Å². The third kappa shape index (κ3) is 5.34. The molecule has 3 amide bonds. The molecular weight excluding hydrogens is 413 g/mol. The van der Waals surface area contributed by atoms with E-state index in [4.69, 9.17) is 5.73 Å². The molecule has 0 unspecified atom stereocenters. The number of Topliss-reactive ketones (excluding diaryl/α,β-unsaturated/α-hetero) is 1. The van der Waals surface area contributed by atoms with Crippen LogP contribution < -0.4 is 11.1 Å². The minimum Gasteiger partial charge on any atom is -0.366 e. The van der Waals surface area contributed by atoms with Gasteiger partial charge in [-0.05, 0) is 32.9 Å². The van der Waals surface area contributed by atoms with E-state index in [1.165, 1.54) is 12.1 Å². The molecule has 32 heavy (non-hydrogen) atoms. The summed E-state index contributed by atoms with van der Waals surface area (Å²) in [4.78, 5) is 40.9. The largest absolute Gasteiger partial charge is 0.366 e. The van der Waals surface area contributed by atoms with Gasteiger partial charge in [-0.15, -0.1) is 0 Å². The van der Waals surface area contributed by atoms with Gasteiger partial charge < -0.3 is 20.5 Å². The van der Waals surface area contributed by atoms with Crippen LogP contribution in [0.3, 0.4) is 0 Å². The lowest BCUT2D eigenvalue weighted by Gasteiger charge is -2.34. The van der Waals surface area contributed by atoms with E-state index in [9.17, 15) is 18.8 Å². The van der Waals surface area contributed by atoms with Crippen LogP contribution in [0.4, 0.5) is 9.18 Å². The molecule has 0 aliphatic carbocycles. The van der Waals surface area contributed by atoms with Crippen molar-refractivity contribution in [3.63, 3.8) is 0 Å². The minimum absolute atomic E-state index is 0.0621. The van der Waals surface area contributed by atoms with Gasteiger partial charge >= 0.3 is 6.03 Å². The molecule has 9 heteroatoms. The Morgan fingerprint density at radius 3 is 2.38 bits per heavy atom. The average molecular weight is 444 g/mol. The van der Waals surface area contributed by atoms with Crippen LogP contribution in [0.5, 0.6) is 0 Å². The first kappa shape index (κ1) is 23.5. The van der Waals surface area contributed by atoms with Crippen LogP contribution in [0.1, 0.15) is 46.0 Å². The van der Waals surface area contributed by atoms with E-state index in [1.807, 2.05) is 18.7 Å². The number of amides is 3. The van der Waals surface area contributed by atoms with Gasteiger partial charge in [0.15, 0.2) is 5.78 Å². The SMILES string of the molecule is Cc1c(C(N)=O)cc(C(=O)CN2CCN(C(=O)NC(C)C)CC2)n1Cc1ccccc1F. The van der Waals surface area contributed by atoms with Gasteiger partial charge in [0.2, 0.25) is 0 Å². The van der Waals surface area contributed by atoms with E-state index in [0.717, 1.165) is 0 Å². The molecule has 8 nitrogen and oxygen atoms in total. The zero-order chi connectivity index (χ0) is 23.4. The third-order valence-corrected chi connectivity index (χ3v) is 5.64. The molecule has 0 radical (unpaired) electrons. The zero-order valence-corrected chi connectivity index (χ0v) is 18.7. The lowest BCUT2D eigenvalue weighted by molar-refractivity contribution is 0.0868.